The molecule has 0 saturated heterocycles. The first-order valence-corrected chi connectivity index (χ1v) is 8.16. The van der Waals surface area contributed by atoms with E-state index >= 15 is 0 Å². The third-order valence-electron chi connectivity index (χ3n) is 4.74. The van der Waals surface area contributed by atoms with Gasteiger partial charge in [0.2, 0.25) is 0 Å². The first-order chi connectivity index (χ1) is 8.35. The molecular formula is C15H28OS. The maximum atomic E-state index is 6.06. The molecule has 0 bridgehead atoms. The van der Waals surface area contributed by atoms with E-state index in [0.717, 1.165) is 24.9 Å². The van der Waals surface area contributed by atoms with E-state index in [9.17, 15) is 0 Å². The highest BCUT2D eigenvalue weighted by atomic mass is 32.1. The molecule has 100 valence electrons. The highest BCUT2D eigenvalue weighted by molar-refractivity contribution is 7.80. The fourth-order valence-electron chi connectivity index (χ4n) is 3.45. The van der Waals surface area contributed by atoms with E-state index in [1.54, 1.807) is 0 Å². The van der Waals surface area contributed by atoms with Crippen LogP contribution in [-0.4, -0.2) is 19.0 Å². The molecule has 0 spiro atoms. The van der Waals surface area contributed by atoms with Crippen LogP contribution in [0.1, 0.15) is 64.2 Å². The third kappa shape index (κ3) is 4.17. The normalized spacial score (nSPS) is 25.9. The molecule has 2 fully saturated rings. The highest BCUT2D eigenvalue weighted by Crippen LogP contribution is 2.36. The van der Waals surface area contributed by atoms with Gasteiger partial charge in [-0.2, -0.15) is 12.6 Å². The van der Waals surface area contributed by atoms with Crippen LogP contribution >= 0.6 is 12.6 Å². The summed E-state index contributed by atoms with van der Waals surface area (Å²) in [7, 11) is 0. The second-order valence-electron chi connectivity index (χ2n) is 6.24. The van der Waals surface area contributed by atoms with Crippen molar-refractivity contribution >= 4 is 12.6 Å². The van der Waals surface area contributed by atoms with Gasteiger partial charge in [0.05, 0.1) is 6.61 Å². The molecule has 0 N–H and O–H groups in total. The van der Waals surface area contributed by atoms with Crippen molar-refractivity contribution in [3.63, 3.8) is 0 Å². The van der Waals surface area contributed by atoms with Gasteiger partial charge in [-0.1, -0.05) is 38.5 Å². The summed E-state index contributed by atoms with van der Waals surface area (Å²) in [5, 5.41) is 0. The smallest absolute Gasteiger partial charge is 0.0530 e. The molecule has 17 heavy (non-hydrogen) atoms. The molecule has 0 heterocycles. The molecule has 0 atom stereocenters. The van der Waals surface area contributed by atoms with Gasteiger partial charge in [0.15, 0.2) is 0 Å². The van der Waals surface area contributed by atoms with Gasteiger partial charge >= 0.3 is 0 Å². The van der Waals surface area contributed by atoms with Crippen LogP contribution in [0.3, 0.4) is 0 Å². The summed E-state index contributed by atoms with van der Waals surface area (Å²) in [5.41, 5.74) is 0.401. The van der Waals surface area contributed by atoms with Gasteiger partial charge in [-0.25, -0.2) is 0 Å². The molecule has 0 aromatic heterocycles. The van der Waals surface area contributed by atoms with Crippen LogP contribution in [0.4, 0.5) is 0 Å². The van der Waals surface area contributed by atoms with Crippen molar-refractivity contribution < 1.29 is 4.74 Å². The molecule has 0 aromatic rings. The second kappa shape index (κ2) is 7.04. The predicted octanol–water partition coefficient (Wildman–Crippen LogP) is 4.46. The van der Waals surface area contributed by atoms with Crippen LogP contribution in [0.15, 0.2) is 0 Å². The fraction of sp³-hybridized carbons (Fsp3) is 1.00. The first-order valence-electron chi connectivity index (χ1n) is 7.53. The average molecular weight is 256 g/mol. The fourth-order valence-corrected chi connectivity index (χ4v) is 3.85. The van der Waals surface area contributed by atoms with Gasteiger partial charge in [0, 0.05) is 12.0 Å². The molecule has 0 radical (unpaired) electrons. The zero-order valence-corrected chi connectivity index (χ0v) is 12.0. The number of ether oxygens (including phenoxy) is 1. The Morgan fingerprint density at radius 1 is 0.941 bits per heavy atom. The van der Waals surface area contributed by atoms with Crippen molar-refractivity contribution in [3.05, 3.63) is 0 Å². The second-order valence-corrected chi connectivity index (χ2v) is 6.55. The Kier molecular flexibility index (Phi) is 5.68. The summed E-state index contributed by atoms with van der Waals surface area (Å²) in [5.74, 6) is 1.87. The summed E-state index contributed by atoms with van der Waals surface area (Å²) in [4.78, 5) is 0. The molecule has 2 saturated carbocycles. The standard InChI is InChI=1S/C15H28OS/c17-13-15(9-5-1-2-6-10-15)12-16-11-14-7-3-4-8-14/h14,17H,1-13H2. The van der Waals surface area contributed by atoms with Crippen molar-refractivity contribution in [2.75, 3.05) is 19.0 Å². The van der Waals surface area contributed by atoms with E-state index in [1.807, 2.05) is 0 Å². The molecule has 0 aromatic carbocycles. The molecule has 2 heteroatoms. The lowest BCUT2D eigenvalue weighted by Gasteiger charge is -2.31. The number of rotatable bonds is 5. The van der Waals surface area contributed by atoms with Gasteiger partial charge in [0.1, 0.15) is 0 Å². The van der Waals surface area contributed by atoms with Gasteiger partial charge < -0.3 is 4.74 Å². The monoisotopic (exact) mass is 256 g/mol. The van der Waals surface area contributed by atoms with Crippen molar-refractivity contribution in [2.24, 2.45) is 11.3 Å². The molecular weight excluding hydrogens is 228 g/mol. The minimum absolute atomic E-state index is 0.401. The molecule has 2 aliphatic carbocycles. The van der Waals surface area contributed by atoms with E-state index in [-0.39, 0.29) is 0 Å². The highest BCUT2D eigenvalue weighted by Gasteiger charge is 2.30. The summed E-state index contributed by atoms with van der Waals surface area (Å²) in [6.07, 6.45) is 13.9. The summed E-state index contributed by atoms with van der Waals surface area (Å²) >= 11 is 4.60. The van der Waals surface area contributed by atoms with E-state index in [2.05, 4.69) is 12.6 Å². The van der Waals surface area contributed by atoms with Crippen LogP contribution < -0.4 is 0 Å². The largest absolute Gasteiger partial charge is 0.381 e. The maximum Gasteiger partial charge on any atom is 0.0530 e. The summed E-state index contributed by atoms with van der Waals surface area (Å²) < 4.78 is 6.06. The van der Waals surface area contributed by atoms with Gasteiger partial charge in [0.25, 0.3) is 0 Å². The lowest BCUT2D eigenvalue weighted by Crippen LogP contribution is -2.29. The van der Waals surface area contributed by atoms with E-state index < -0.39 is 0 Å². The van der Waals surface area contributed by atoms with Crippen molar-refractivity contribution in [3.8, 4) is 0 Å². The van der Waals surface area contributed by atoms with Crippen LogP contribution in [0.25, 0.3) is 0 Å². The van der Waals surface area contributed by atoms with Gasteiger partial charge in [-0.3, -0.25) is 0 Å². The Morgan fingerprint density at radius 3 is 2.18 bits per heavy atom. The Morgan fingerprint density at radius 2 is 1.59 bits per heavy atom. The zero-order chi connectivity index (χ0) is 12.0. The molecule has 1 nitrogen and oxygen atoms in total. The Labute approximate surface area is 112 Å². The topological polar surface area (TPSA) is 9.23 Å². The van der Waals surface area contributed by atoms with Gasteiger partial charge in [-0.15, -0.1) is 0 Å². The molecule has 2 rings (SSSR count). The van der Waals surface area contributed by atoms with Crippen molar-refractivity contribution in [2.45, 2.75) is 64.2 Å². The van der Waals surface area contributed by atoms with Crippen molar-refractivity contribution in [1.82, 2.24) is 0 Å². The number of hydrogen-bond acceptors (Lipinski definition) is 2. The summed E-state index contributed by atoms with van der Waals surface area (Å²) in [6.45, 7) is 1.97. The molecule has 0 unspecified atom stereocenters. The van der Waals surface area contributed by atoms with Crippen LogP contribution in [0, 0.1) is 11.3 Å². The zero-order valence-electron chi connectivity index (χ0n) is 11.1. The number of thiol groups is 1. The molecule has 0 amide bonds. The average Bonchev–Trinajstić information content (AvgIpc) is 2.75. The Bertz CT molecular complexity index is 203. The minimum atomic E-state index is 0.401. The summed E-state index contributed by atoms with van der Waals surface area (Å²) in [6, 6.07) is 0. The van der Waals surface area contributed by atoms with Gasteiger partial charge in [-0.05, 0) is 37.4 Å². The van der Waals surface area contributed by atoms with Crippen LogP contribution in [0.2, 0.25) is 0 Å². The molecule has 0 aliphatic heterocycles. The van der Waals surface area contributed by atoms with E-state index in [0.29, 0.717) is 5.41 Å². The lowest BCUT2D eigenvalue weighted by molar-refractivity contribution is 0.0287. The minimum Gasteiger partial charge on any atom is -0.381 e. The van der Waals surface area contributed by atoms with E-state index in [4.69, 9.17) is 4.74 Å². The number of hydrogen-bond donors (Lipinski definition) is 1. The lowest BCUT2D eigenvalue weighted by atomic mass is 9.83. The van der Waals surface area contributed by atoms with Crippen molar-refractivity contribution in [1.29, 1.82) is 0 Å². The van der Waals surface area contributed by atoms with Crippen LogP contribution in [0.5, 0.6) is 0 Å². The molecule has 2 aliphatic rings. The predicted molar refractivity (Wildman–Crippen MR) is 76.8 cm³/mol. The Balaban J connectivity index is 1.73. The van der Waals surface area contributed by atoms with E-state index in [1.165, 1.54) is 64.2 Å². The quantitative estimate of drug-likeness (QED) is 0.564. The maximum absolute atomic E-state index is 6.06. The Hall–Kier alpha value is 0.310. The first kappa shape index (κ1) is 13.7. The third-order valence-corrected chi connectivity index (χ3v) is 5.41. The SMILES string of the molecule is SCC1(COCC2CCCC2)CCCCCC1. The van der Waals surface area contributed by atoms with Crippen LogP contribution in [-0.2, 0) is 4.74 Å².